The third-order valence-electron chi connectivity index (χ3n) is 10.9. The molecule has 1 fully saturated rings. The molecule has 1 aliphatic rings. The van der Waals surface area contributed by atoms with E-state index in [-0.39, 0.29) is 50.1 Å². The van der Waals surface area contributed by atoms with Crippen LogP contribution in [0.1, 0.15) is 89.7 Å². The topological polar surface area (TPSA) is 301 Å². The molecule has 0 spiro atoms. The van der Waals surface area contributed by atoms with Crippen molar-refractivity contribution in [2.75, 3.05) is 19.6 Å². The number of unbranched alkanes of at least 4 members (excludes halogenated alkanes) is 2. The molecule has 7 atom stereocenters. The second-order valence-corrected chi connectivity index (χ2v) is 15.7. The van der Waals surface area contributed by atoms with Crippen LogP contribution in [0.4, 0.5) is 0 Å². The molecule has 7 amide bonds. The molecule has 2 aromatic carbocycles. The zero-order chi connectivity index (χ0) is 45.1. The maximum atomic E-state index is 14.5. The minimum Gasteiger partial charge on any atom is -0.508 e. The quantitative estimate of drug-likeness (QED) is 0.0598. The third-order valence-corrected chi connectivity index (χ3v) is 10.9. The number of phenols is 2. The van der Waals surface area contributed by atoms with Crippen molar-refractivity contribution in [2.24, 2.45) is 23.1 Å². The van der Waals surface area contributed by atoms with E-state index in [4.69, 9.17) is 17.2 Å². The first kappa shape index (κ1) is 49.6. The summed E-state index contributed by atoms with van der Waals surface area (Å²) < 4.78 is 0. The largest absolute Gasteiger partial charge is 0.508 e. The summed E-state index contributed by atoms with van der Waals surface area (Å²) in [5.41, 5.74) is 18.1. The summed E-state index contributed by atoms with van der Waals surface area (Å²) in [6, 6.07) is 5.77. The van der Waals surface area contributed by atoms with Crippen molar-refractivity contribution in [1.29, 1.82) is 0 Å². The molecule has 0 radical (unpaired) electrons. The number of carbonyl (C=O) groups is 7. The van der Waals surface area contributed by atoms with Crippen molar-refractivity contribution in [3.8, 4) is 11.5 Å². The Morgan fingerprint density at radius 3 is 1.69 bits per heavy atom. The standard InChI is InChI=1S/C43H65N9O9/c1-4-26(2)37(42(60)49-33(11-6-8-22-45)39(57)48-32(38(46)56)10-5-7-21-44)51-41(59)36-12-9-23-52(36)43(61)35(25-29-15-19-31(55)20-16-29)50-40(58)34(47-27(3)53)24-28-13-17-30(54)18-14-28/h13-20,26,32-37,54-55H,4-12,21-25,44-45H2,1-3H3,(H2,46,56)(H,47,53)(H,48,57)(H,49,60)(H,50,58)(H,51,59)/t26-,32-,33-,34-,35-,36-,37-/m0/s1. The first-order chi connectivity index (χ1) is 29.1. The van der Waals surface area contributed by atoms with Crippen molar-refractivity contribution in [1.82, 2.24) is 31.5 Å². The summed E-state index contributed by atoms with van der Waals surface area (Å²) >= 11 is 0. The fourth-order valence-corrected chi connectivity index (χ4v) is 7.19. The van der Waals surface area contributed by atoms with E-state index >= 15 is 0 Å². The Hall–Kier alpha value is -5.75. The van der Waals surface area contributed by atoms with Crippen LogP contribution in [-0.4, -0.2) is 112 Å². The van der Waals surface area contributed by atoms with Crippen LogP contribution in [0.3, 0.4) is 0 Å². The van der Waals surface area contributed by atoms with Crippen LogP contribution in [0.2, 0.25) is 0 Å². The van der Waals surface area contributed by atoms with Crippen molar-refractivity contribution >= 4 is 41.4 Å². The zero-order valence-electron chi connectivity index (χ0n) is 35.5. The molecule has 18 nitrogen and oxygen atoms in total. The maximum absolute atomic E-state index is 14.5. The number of carbonyl (C=O) groups excluding carboxylic acids is 7. The summed E-state index contributed by atoms with van der Waals surface area (Å²) in [5.74, 6) is -4.62. The van der Waals surface area contributed by atoms with E-state index in [1.807, 2.05) is 6.92 Å². The number of likely N-dealkylation sites (tertiary alicyclic amines) is 1. The van der Waals surface area contributed by atoms with E-state index in [0.29, 0.717) is 62.7 Å². The number of nitrogens with one attached hydrogen (secondary N) is 5. The predicted molar refractivity (Wildman–Crippen MR) is 228 cm³/mol. The highest BCUT2D eigenvalue weighted by molar-refractivity contribution is 5.97. The number of nitrogens with zero attached hydrogens (tertiary/aromatic N) is 1. The molecule has 3 rings (SSSR count). The van der Waals surface area contributed by atoms with E-state index in [1.54, 1.807) is 31.2 Å². The highest BCUT2D eigenvalue weighted by atomic mass is 16.3. The van der Waals surface area contributed by atoms with Crippen molar-refractivity contribution in [3.05, 3.63) is 59.7 Å². The maximum Gasteiger partial charge on any atom is 0.246 e. The number of aromatic hydroxyl groups is 2. The molecular formula is C43H65N9O9. The minimum atomic E-state index is -1.21. The first-order valence-electron chi connectivity index (χ1n) is 21.1. The van der Waals surface area contributed by atoms with Crippen LogP contribution in [0.5, 0.6) is 11.5 Å². The van der Waals surface area contributed by atoms with E-state index in [1.165, 1.54) is 36.1 Å². The molecule has 0 saturated carbocycles. The van der Waals surface area contributed by atoms with Gasteiger partial charge in [-0.3, -0.25) is 33.6 Å². The molecule has 336 valence electrons. The molecule has 61 heavy (non-hydrogen) atoms. The van der Waals surface area contributed by atoms with Crippen molar-refractivity contribution in [2.45, 2.75) is 128 Å². The summed E-state index contributed by atoms with van der Waals surface area (Å²) in [6.07, 6.45) is 3.97. The summed E-state index contributed by atoms with van der Waals surface area (Å²) in [7, 11) is 0. The number of nitrogens with two attached hydrogens (primary N) is 3. The Kier molecular flexibility index (Phi) is 20.4. The fourth-order valence-electron chi connectivity index (χ4n) is 7.19. The van der Waals surface area contributed by atoms with E-state index in [9.17, 15) is 43.8 Å². The van der Waals surface area contributed by atoms with Crippen LogP contribution in [0.25, 0.3) is 0 Å². The molecular weight excluding hydrogens is 787 g/mol. The lowest BCUT2D eigenvalue weighted by molar-refractivity contribution is -0.142. The molecule has 1 aliphatic heterocycles. The number of hydrogen-bond donors (Lipinski definition) is 10. The number of phenolic OH excluding ortho intramolecular Hbond substituents is 2. The zero-order valence-corrected chi connectivity index (χ0v) is 35.5. The van der Waals surface area contributed by atoms with Crippen molar-refractivity contribution < 1.29 is 43.8 Å². The van der Waals surface area contributed by atoms with Gasteiger partial charge >= 0.3 is 0 Å². The number of rotatable bonds is 25. The normalized spacial score (nSPS) is 16.5. The van der Waals surface area contributed by atoms with Crippen LogP contribution < -0.4 is 43.8 Å². The molecule has 1 saturated heterocycles. The average molecular weight is 852 g/mol. The van der Waals surface area contributed by atoms with Gasteiger partial charge in [0.2, 0.25) is 41.4 Å². The highest BCUT2D eigenvalue weighted by Gasteiger charge is 2.40. The lowest BCUT2D eigenvalue weighted by atomic mass is 9.96. The molecule has 13 N–H and O–H groups in total. The van der Waals surface area contributed by atoms with E-state index < -0.39 is 83.5 Å². The van der Waals surface area contributed by atoms with Gasteiger partial charge in [0.15, 0.2) is 0 Å². The van der Waals surface area contributed by atoms with E-state index in [2.05, 4.69) is 26.6 Å². The lowest BCUT2D eigenvalue weighted by Crippen LogP contribution is -2.60. The van der Waals surface area contributed by atoms with Crippen LogP contribution in [-0.2, 0) is 46.4 Å². The number of hydrogen-bond acceptors (Lipinski definition) is 11. The SMILES string of the molecule is CC[C@H](C)[C@H](NC(=O)[C@@H]1CCCN1C(=O)[C@H](Cc1ccc(O)cc1)NC(=O)[C@H](Cc1ccc(O)cc1)NC(C)=O)C(=O)N[C@@H](CCCCN)C(=O)N[C@@H](CCCCN)C(N)=O. The van der Waals surface area contributed by atoms with Gasteiger partial charge in [0, 0.05) is 26.3 Å². The Morgan fingerprint density at radius 2 is 1.18 bits per heavy atom. The smallest absolute Gasteiger partial charge is 0.246 e. The molecule has 1 heterocycles. The van der Waals surface area contributed by atoms with Gasteiger partial charge in [-0.15, -0.1) is 0 Å². The summed E-state index contributed by atoms with van der Waals surface area (Å²) in [6.45, 7) is 5.84. The number of amides is 7. The van der Waals surface area contributed by atoms with Crippen molar-refractivity contribution in [3.63, 3.8) is 0 Å². The first-order valence-corrected chi connectivity index (χ1v) is 21.1. The molecule has 0 aliphatic carbocycles. The Labute approximate surface area is 357 Å². The molecule has 18 heteroatoms. The van der Waals surface area contributed by atoms with Crippen LogP contribution in [0, 0.1) is 5.92 Å². The van der Waals surface area contributed by atoms with Crippen LogP contribution in [0.15, 0.2) is 48.5 Å². The molecule has 0 aromatic heterocycles. The monoisotopic (exact) mass is 851 g/mol. The second kappa shape index (κ2) is 25.1. The fraction of sp³-hybridized carbons (Fsp3) is 0.558. The Balaban J connectivity index is 1.85. The minimum absolute atomic E-state index is 0.00199. The van der Waals surface area contributed by atoms with Gasteiger partial charge in [-0.2, -0.15) is 0 Å². The van der Waals surface area contributed by atoms with Gasteiger partial charge in [0.1, 0.15) is 47.8 Å². The molecule has 2 aromatic rings. The highest BCUT2D eigenvalue weighted by Crippen LogP contribution is 2.22. The van der Waals surface area contributed by atoms with E-state index in [0.717, 1.165) is 0 Å². The lowest BCUT2D eigenvalue weighted by Gasteiger charge is -2.32. The predicted octanol–water partition coefficient (Wildman–Crippen LogP) is 0.107. The van der Waals surface area contributed by atoms with Crippen LogP contribution >= 0.6 is 0 Å². The van der Waals surface area contributed by atoms with Gasteiger partial charge in [0.05, 0.1) is 0 Å². The second-order valence-electron chi connectivity index (χ2n) is 15.7. The number of primary amides is 1. The molecule has 0 unspecified atom stereocenters. The molecule has 0 bridgehead atoms. The summed E-state index contributed by atoms with van der Waals surface area (Å²) in [5, 5.41) is 33.3. The number of benzene rings is 2. The van der Waals surface area contributed by atoms with Gasteiger partial charge in [-0.05, 0) is 106 Å². The Morgan fingerprint density at radius 1 is 0.689 bits per heavy atom. The van der Waals surface area contributed by atoms with Gasteiger partial charge < -0.3 is 58.9 Å². The summed E-state index contributed by atoms with van der Waals surface area (Å²) in [4.78, 5) is 95.8. The average Bonchev–Trinajstić information content (AvgIpc) is 3.72. The van der Waals surface area contributed by atoms with Gasteiger partial charge in [-0.25, -0.2) is 0 Å². The van der Waals surface area contributed by atoms with Gasteiger partial charge in [-0.1, -0.05) is 44.5 Å². The Bertz CT molecular complexity index is 1780. The van der Waals surface area contributed by atoms with Gasteiger partial charge in [0.25, 0.3) is 0 Å². The third kappa shape index (κ3) is 16.0.